The molecule has 1 fully saturated rings. The van der Waals surface area contributed by atoms with E-state index in [0.717, 1.165) is 31.9 Å². The zero-order chi connectivity index (χ0) is 13.3. The van der Waals surface area contributed by atoms with Gasteiger partial charge in [0.15, 0.2) is 9.84 Å². The van der Waals surface area contributed by atoms with Gasteiger partial charge in [-0.1, -0.05) is 18.2 Å². The molecule has 2 aliphatic heterocycles. The molecule has 2 unspecified atom stereocenters. The van der Waals surface area contributed by atoms with E-state index in [0.29, 0.717) is 17.4 Å². The second kappa shape index (κ2) is 5.13. The normalized spacial score (nSPS) is 28.0. The van der Waals surface area contributed by atoms with Crippen LogP contribution in [-0.2, 0) is 9.84 Å². The summed E-state index contributed by atoms with van der Waals surface area (Å²) in [6, 6.07) is 8.12. The molecule has 19 heavy (non-hydrogen) atoms. The predicted molar refractivity (Wildman–Crippen MR) is 74.3 cm³/mol. The molecule has 0 bridgehead atoms. The summed E-state index contributed by atoms with van der Waals surface area (Å²) in [6.07, 6.45) is 0.799. The van der Waals surface area contributed by atoms with Gasteiger partial charge in [0.1, 0.15) is 5.75 Å². The number of ether oxygens (including phenoxy) is 1. The molecule has 1 saturated heterocycles. The first-order valence-corrected chi connectivity index (χ1v) is 8.59. The molecule has 0 spiro atoms. The van der Waals surface area contributed by atoms with E-state index in [4.69, 9.17) is 4.74 Å². The number of sulfone groups is 1. The molecule has 0 aromatic heterocycles. The van der Waals surface area contributed by atoms with E-state index in [9.17, 15) is 8.42 Å². The SMILES string of the molecule is O=S1(=O)CCC(CNCC2COc3ccccc32)C1. The first-order chi connectivity index (χ1) is 9.14. The van der Waals surface area contributed by atoms with Crippen molar-refractivity contribution in [2.75, 3.05) is 31.2 Å². The van der Waals surface area contributed by atoms with Crippen LogP contribution in [0.3, 0.4) is 0 Å². The second-order valence-electron chi connectivity index (χ2n) is 5.47. The first-order valence-electron chi connectivity index (χ1n) is 6.77. The van der Waals surface area contributed by atoms with Gasteiger partial charge in [0.05, 0.1) is 18.1 Å². The zero-order valence-corrected chi connectivity index (χ0v) is 11.7. The van der Waals surface area contributed by atoms with Crippen molar-refractivity contribution in [2.24, 2.45) is 5.92 Å². The number of benzene rings is 1. The highest BCUT2D eigenvalue weighted by atomic mass is 32.2. The largest absolute Gasteiger partial charge is 0.493 e. The summed E-state index contributed by atoms with van der Waals surface area (Å²) < 4.78 is 28.4. The number of hydrogen-bond acceptors (Lipinski definition) is 4. The lowest BCUT2D eigenvalue weighted by atomic mass is 10.0. The number of para-hydroxylation sites is 1. The van der Waals surface area contributed by atoms with Crippen LogP contribution in [0.1, 0.15) is 17.9 Å². The van der Waals surface area contributed by atoms with E-state index in [1.54, 1.807) is 0 Å². The van der Waals surface area contributed by atoms with Crippen molar-refractivity contribution in [3.8, 4) is 5.75 Å². The maximum Gasteiger partial charge on any atom is 0.150 e. The summed E-state index contributed by atoms with van der Waals surface area (Å²) in [5, 5.41) is 3.40. The van der Waals surface area contributed by atoms with Crippen molar-refractivity contribution in [1.29, 1.82) is 0 Å². The van der Waals surface area contributed by atoms with E-state index in [1.165, 1.54) is 5.56 Å². The molecule has 1 aromatic rings. The Morgan fingerprint density at radius 2 is 2.11 bits per heavy atom. The molecule has 2 aliphatic rings. The van der Waals surface area contributed by atoms with Crippen LogP contribution < -0.4 is 10.1 Å². The van der Waals surface area contributed by atoms with Gasteiger partial charge in [-0.2, -0.15) is 0 Å². The van der Waals surface area contributed by atoms with Crippen molar-refractivity contribution in [3.63, 3.8) is 0 Å². The monoisotopic (exact) mass is 281 g/mol. The van der Waals surface area contributed by atoms with Crippen molar-refractivity contribution < 1.29 is 13.2 Å². The molecule has 1 N–H and O–H groups in total. The fraction of sp³-hybridized carbons (Fsp3) is 0.571. The number of hydrogen-bond donors (Lipinski definition) is 1. The Bertz CT molecular complexity index is 556. The summed E-state index contributed by atoms with van der Waals surface area (Å²) >= 11 is 0. The van der Waals surface area contributed by atoms with E-state index in [1.807, 2.05) is 18.2 Å². The zero-order valence-electron chi connectivity index (χ0n) is 10.8. The smallest absolute Gasteiger partial charge is 0.150 e. The van der Waals surface area contributed by atoms with Gasteiger partial charge in [-0.15, -0.1) is 0 Å². The molecular weight excluding hydrogens is 262 g/mol. The van der Waals surface area contributed by atoms with Crippen LogP contribution >= 0.6 is 0 Å². The maximum absolute atomic E-state index is 11.4. The third-order valence-corrected chi connectivity index (χ3v) is 5.79. The Morgan fingerprint density at radius 1 is 1.26 bits per heavy atom. The Morgan fingerprint density at radius 3 is 2.89 bits per heavy atom. The molecular formula is C14H19NO3S. The van der Waals surface area contributed by atoms with E-state index >= 15 is 0 Å². The highest BCUT2D eigenvalue weighted by molar-refractivity contribution is 7.91. The fourth-order valence-corrected chi connectivity index (χ4v) is 4.75. The average molecular weight is 281 g/mol. The number of rotatable bonds is 4. The molecule has 0 amide bonds. The molecule has 0 saturated carbocycles. The Hall–Kier alpha value is -1.07. The van der Waals surface area contributed by atoms with E-state index in [-0.39, 0.29) is 5.92 Å². The van der Waals surface area contributed by atoms with Crippen molar-refractivity contribution in [2.45, 2.75) is 12.3 Å². The molecule has 0 radical (unpaired) electrons. The van der Waals surface area contributed by atoms with Crippen LogP contribution in [0.25, 0.3) is 0 Å². The molecule has 1 aromatic carbocycles. The lowest BCUT2D eigenvalue weighted by Crippen LogP contribution is -2.28. The molecule has 4 nitrogen and oxygen atoms in total. The van der Waals surface area contributed by atoms with E-state index < -0.39 is 9.84 Å². The van der Waals surface area contributed by atoms with Crippen LogP contribution in [0.5, 0.6) is 5.75 Å². The van der Waals surface area contributed by atoms with Gasteiger partial charge in [-0.3, -0.25) is 0 Å². The van der Waals surface area contributed by atoms with Crippen molar-refractivity contribution >= 4 is 9.84 Å². The quantitative estimate of drug-likeness (QED) is 0.900. The predicted octanol–water partition coefficient (Wildman–Crippen LogP) is 1.19. The van der Waals surface area contributed by atoms with Gasteiger partial charge in [0.25, 0.3) is 0 Å². The summed E-state index contributed by atoms with van der Waals surface area (Å²) in [7, 11) is -2.76. The first kappa shape index (κ1) is 12.9. The lowest BCUT2D eigenvalue weighted by molar-refractivity contribution is 0.324. The minimum atomic E-state index is -2.76. The molecule has 104 valence electrons. The fourth-order valence-electron chi connectivity index (χ4n) is 2.89. The summed E-state index contributed by atoms with van der Waals surface area (Å²) in [5.74, 6) is 2.35. The highest BCUT2D eigenvalue weighted by Crippen LogP contribution is 2.32. The van der Waals surface area contributed by atoms with Crippen LogP contribution in [0.15, 0.2) is 24.3 Å². The minimum Gasteiger partial charge on any atom is -0.493 e. The van der Waals surface area contributed by atoms with Gasteiger partial charge < -0.3 is 10.1 Å². The highest BCUT2D eigenvalue weighted by Gasteiger charge is 2.28. The molecule has 2 atom stereocenters. The summed E-state index contributed by atoms with van der Waals surface area (Å²) in [6.45, 7) is 2.36. The third kappa shape index (κ3) is 2.92. The maximum atomic E-state index is 11.4. The molecule has 3 rings (SSSR count). The topological polar surface area (TPSA) is 55.4 Å². The van der Waals surface area contributed by atoms with Gasteiger partial charge in [0, 0.05) is 18.0 Å². The summed E-state index contributed by atoms with van der Waals surface area (Å²) in [5.41, 5.74) is 1.26. The molecule has 5 heteroatoms. The summed E-state index contributed by atoms with van der Waals surface area (Å²) in [4.78, 5) is 0. The minimum absolute atomic E-state index is 0.280. The average Bonchev–Trinajstić information content (AvgIpc) is 2.94. The number of nitrogens with one attached hydrogen (secondary N) is 1. The van der Waals surface area contributed by atoms with Crippen LogP contribution in [-0.4, -0.2) is 39.6 Å². The number of fused-ring (bicyclic) bond motifs is 1. The Kier molecular flexibility index (Phi) is 3.50. The van der Waals surface area contributed by atoms with Crippen molar-refractivity contribution in [1.82, 2.24) is 5.32 Å². The van der Waals surface area contributed by atoms with Gasteiger partial charge in [-0.25, -0.2) is 8.42 Å². The second-order valence-corrected chi connectivity index (χ2v) is 7.70. The van der Waals surface area contributed by atoms with Crippen LogP contribution in [0.2, 0.25) is 0 Å². The van der Waals surface area contributed by atoms with Crippen LogP contribution in [0.4, 0.5) is 0 Å². The van der Waals surface area contributed by atoms with Crippen molar-refractivity contribution in [3.05, 3.63) is 29.8 Å². The van der Waals surface area contributed by atoms with Gasteiger partial charge >= 0.3 is 0 Å². The molecule has 2 heterocycles. The van der Waals surface area contributed by atoms with Crippen LogP contribution in [0, 0.1) is 5.92 Å². The standard InChI is InChI=1S/C14H19NO3S/c16-19(17)6-5-11(10-19)7-15-8-12-9-18-14-4-2-1-3-13(12)14/h1-4,11-12,15H,5-10H2. The Labute approximate surface area is 114 Å². The molecule has 0 aliphatic carbocycles. The van der Waals surface area contributed by atoms with E-state index in [2.05, 4.69) is 11.4 Å². The third-order valence-electron chi connectivity index (χ3n) is 3.95. The van der Waals surface area contributed by atoms with Gasteiger partial charge in [-0.05, 0) is 24.9 Å². The van der Waals surface area contributed by atoms with Gasteiger partial charge in [0.2, 0.25) is 0 Å². The Balaban J connectivity index is 1.49. The lowest BCUT2D eigenvalue weighted by Gasteiger charge is -2.13.